The zero-order valence-corrected chi connectivity index (χ0v) is 10.4. The second kappa shape index (κ2) is 7.27. The van der Waals surface area contributed by atoms with Crippen LogP contribution in [0.4, 0.5) is 0 Å². The van der Waals surface area contributed by atoms with E-state index in [0.717, 1.165) is 45.3 Å². The number of carbonyl (C=O) groups excluding carboxylic acids is 1. The van der Waals surface area contributed by atoms with Gasteiger partial charge in [-0.15, -0.1) is 0 Å². The lowest BCUT2D eigenvalue weighted by Crippen LogP contribution is -2.44. The number of carboxylic acid groups (broad SMARTS) is 1. The van der Waals surface area contributed by atoms with Crippen LogP contribution in [0.25, 0.3) is 0 Å². The molecule has 0 aromatic carbocycles. The Morgan fingerprint density at radius 3 is 2.47 bits per heavy atom. The number of nitrogens with zero attached hydrogens (tertiary/aromatic N) is 1. The third kappa shape index (κ3) is 6.26. The van der Waals surface area contributed by atoms with Gasteiger partial charge in [0.1, 0.15) is 0 Å². The number of nitrogens with one attached hydrogen (secondary N) is 1. The first-order valence-electron chi connectivity index (χ1n) is 6.29. The molecule has 1 fully saturated rings. The van der Waals surface area contributed by atoms with Crippen molar-refractivity contribution in [3.05, 3.63) is 0 Å². The summed E-state index contributed by atoms with van der Waals surface area (Å²) in [5.41, 5.74) is 0. The van der Waals surface area contributed by atoms with Gasteiger partial charge in [-0.3, -0.25) is 9.59 Å². The van der Waals surface area contributed by atoms with Crippen molar-refractivity contribution in [2.75, 3.05) is 19.6 Å². The molecule has 0 aromatic heterocycles. The molecule has 1 amide bonds. The van der Waals surface area contributed by atoms with Gasteiger partial charge in [0, 0.05) is 32.5 Å². The number of carbonyl (C=O) groups is 2. The average Bonchev–Trinajstić information content (AvgIpc) is 2.25. The largest absolute Gasteiger partial charge is 0.481 e. The Morgan fingerprint density at radius 2 is 1.94 bits per heavy atom. The highest BCUT2D eigenvalue weighted by Gasteiger charge is 2.18. The minimum Gasteiger partial charge on any atom is -0.481 e. The monoisotopic (exact) mass is 242 g/mol. The molecule has 0 atom stereocenters. The lowest BCUT2D eigenvalue weighted by atomic mass is 10.0. The molecule has 98 valence electrons. The third-order valence-electron chi connectivity index (χ3n) is 3.11. The molecule has 0 spiro atoms. The average molecular weight is 242 g/mol. The summed E-state index contributed by atoms with van der Waals surface area (Å²) < 4.78 is 0. The van der Waals surface area contributed by atoms with Gasteiger partial charge in [0.25, 0.3) is 0 Å². The Bertz CT molecular complexity index is 258. The second-order valence-corrected chi connectivity index (χ2v) is 4.67. The Morgan fingerprint density at radius 1 is 1.29 bits per heavy atom. The third-order valence-corrected chi connectivity index (χ3v) is 3.11. The van der Waals surface area contributed by atoms with Crippen molar-refractivity contribution >= 4 is 11.9 Å². The number of hydrogen-bond donors (Lipinski definition) is 2. The summed E-state index contributed by atoms with van der Waals surface area (Å²) in [6.07, 6.45) is 3.96. The van der Waals surface area contributed by atoms with E-state index in [1.807, 2.05) is 0 Å². The van der Waals surface area contributed by atoms with E-state index in [1.165, 1.54) is 0 Å². The highest BCUT2D eigenvalue weighted by molar-refractivity contribution is 5.73. The van der Waals surface area contributed by atoms with E-state index >= 15 is 0 Å². The number of amides is 1. The Hall–Kier alpha value is -1.10. The zero-order valence-electron chi connectivity index (χ0n) is 10.4. The number of unbranched alkanes of at least 4 members (excludes halogenated alkanes) is 1. The molecule has 1 saturated heterocycles. The first-order chi connectivity index (χ1) is 8.08. The van der Waals surface area contributed by atoms with Gasteiger partial charge in [0.15, 0.2) is 0 Å². The quantitative estimate of drug-likeness (QED) is 0.677. The normalized spacial score (nSPS) is 17.9. The van der Waals surface area contributed by atoms with Gasteiger partial charge in [-0.05, 0) is 32.2 Å². The van der Waals surface area contributed by atoms with Crippen LogP contribution in [0.15, 0.2) is 0 Å². The van der Waals surface area contributed by atoms with Crippen LogP contribution in [-0.2, 0) is 9.59 Å². The van der Waals surface area contributed by atoms with Crippen molar-refractivity contribution in [2.24, 2.45) is 0 Å². The second-order valence-electron chi connectivity index (χ2n) is 4.67. The molecule has 0 aromatic rings. The van der Waals surface area contributed by atoms with Crippen LogP contribution < -0.4 is 5.32 Å². The molecular weight excluding hydrogens is 220 g/mol. The maximum atomic E-state index is 10.9. The van der Waals surface area contributed by atoms with Crippen LogP contribution in [0.2, 0.25) is 0 Å². The lowest BCUT2D eigenvalue weighted by Gasteiger charge is -2.32. The van der Waals surface area contributed by atoms with Crippen LogP contribution in [0.5, 0.6) is 0 Å². The lowest BCUT2D eigenvalue weighted by molar-refractivity contribution is -0.137. The van der Waals surface area contributed by atoms with E-state index < -0.39 is 5.97 Å². The Balaban J connectivity index is 2.06. The molecule has 1 aliphatic heterocycles. The molecule has 1 rings (SSSR count). The van der Waals surface area contributed by atoms with E-state index in [9.17, 15) is 9.59 Å². The van der Waals surface area contributed by atoms with Gasteiger partial charge in [-0.2, -0.15) is 0 Å². The molecule has 0 bridgehead atoms. The molecule has 17 heavy (non-hydrogen) atoms. The van der Waals surface area contributed by atoms with Gasteiger partial charge >= 0.3 is 5.97 Å². The molecule has 0 unspecified atom stereocenters. The van der Waals surface area contributed by atoms with Crippen molar-refractivity contribution in [3.8, 4) is 0 Å². The molecule has 5 heteroatoms. The van der Waals surface area contributed by atoms with E-state index in [-0.39, 0.29) is 12.3 Å². The van der Waals surface area contributed by atoms with Crippen LogP contribution in [0.1, 0.15) is 39.0 Å². The van der Waals surface area contributed by atoms with Crippen LogP contribution in [0, 0.1) is 0 Å². The molecule has 0 aliphatic carbocycles. The Labute approximate surface area is 102 Å². The van der Waals surface area contributed by atoms with E-state index in [2.05, 4.69) is 10.2 Å². The predicted molar refractivity (Wildman–Crippen MR) is 64.8 cm³/mol. The van der Waals surface area contributed by atoms with Gasteiger partial charge in [-0.1, -0.05) is 0 Å². The number of carboxylic acids is 1. The van der Waals surface area contributed by atoms with Crippen LogP contribution in [-0.4, -0.2) is 47.6 Å². The topological polar surface area (TPSA) is 69.6 Å². The van der Waals surface area contributed by atoms with Crippen molar-refractivity contribution < 1.29 is 14.7 Å². The van der Waals surface area contributed by atoms with Gasteiger partial charge in [-0.25, -0.2) is 0 Å². The summed E-state index contributed by atoms with van der Waals surface area (Å²) in [5.74, 6) is -0.667. The standard InChI is InChI=1S/C12H22N2O3/c1-10(15)13-11-5-8-14(9-6-11)7-3-2-4-12(16)17/h11H,2-9H2,1H3,(H,13,15)(H,16,17). The fourth-order valence-electron chi connectivity index (χ4n) is 2.20. The van der Waals surface area contributed by atoms with Crippen LogP contribution in [0.3, 0.4) is 0 Å². The number of hydrogen-bond acceptors (Lipinski definition) is 3. The van der Waals surface area contributed by atoms with E-state index in [1.54, 1.807) is 6.92 Å². The number of aliphatic carboxylic acids is 1. The highest BCUT2D eigenvalue weighted by atomic mass is 16.4. The SMILES string of the molecule is CC(=O)NC1CCN(CCCCC(=O)O)CC1. The van der Waals surface area contributed by atoms with Crippen molar-refractivity contribution in [3.63, 3.8) is 0 Å². The van der Waals surface area contributed by atoms with Crippen molar-refractivity contribution in [2.45, 2.75) is 45.1 Å². The molecule has 1 aliphatic rings. The van der Waals surface area contributed by atoms with Crippen molar-refractivity contribution in [1.29, 1.82) is 0 Å². The first-order valence-corrected chi connectivity index (χ1v) is 6.29. The summed E-state index contributed by atoms with van der Waals surface area (Å²) in [6.45, 7) is 4.52. The maximum Gasteiger partial charge on any atom is 0.303 e. The number of piperidine rings is 1. The molecule has 0 radical (unpaired) electrons. The summed E-state index contributed by atoms with van der Waals surface area (Å²) in [5, 5.41) is 11.5. The first kappa shape index (κ1) is 14.0. The predicted octanol–water partition coefficient (Wildman–Crippen LogP) is 0.842. The molecule has 5 nitrogen and oxygen atoms in total. The minimum absolute atomic E-state index is 0.0462. The van der Waals surface area contributed by atoms with Crippen LogP contribution >= 0.6 is 0 Å². The molecule has 0 saturated carbocycles. The summed E-state index contributed by atoms with van der Waals surface area (Å²) in [4.78, 5) is 23.6. The fourth-order valence-corrected chi connectivity index (χ4v) is 2.20. The molecule has 2 N–H and O–H groups in total. The van der Waals surface area contributed by atoms with Crippen molar-refractivity contribution in [1.82, 2.24) is 10.2 Å². The zero-order chi connectivity index (χ0) is 12.7. The van der Waals surface area contributed by atoms with E-state index in [4.69, 9.17) is 5.11 Å². The molecular formula is C12H22N2O3. The summed E-state index contributed by atoms with van der Waals surface area (Å²) >= 11 is 0. The minimum atomic E-state index is -0.714. The number of rotatable bonds is 6. The Kier molecular flexibility index (Phi) is 5.97. The van der Waals surface area contributed by atoms with Gasteiger partial charge in [0.05, 0.1) is 0 Å². The van der Waals surface area contributed by atoms with Gasteiger partial charge < -0.3 is 15.3 Å². The summed E-state index contributed by atoms with van der Waals surface area (Å²) in [7, 11) is 0. The highest BCUT2D eigenvalue weighted by Crippen LogP contribution is 2.11. The fraction of sp³-hybridized carbons (Fsp3) is 0.833. The van der Waals surface area contributed by atoms with Gasteiger partial charge in [0.2, 0.25) is 5.91 Å². The molecule has 1 heterocycles. The smallest absolute Gasteiger partial charge is 0.303 e. The summed E-state index contributed by atoms with van der Waals surface area (Å²) in [6, 6.07) is 0.322. The van der Waals surface area contributed by atoms with E-state index in [0.29, 0.717) is 6.04 Å². The number of likely N-dealkylation sites (tertiary alicyclic amines) is 1. The maximum absolute atomic E-state index is 10.9.